The van der Waals surface area contributed by atoms with Gasteiger partial charge < -0.3 is 9.63 Å². The van der Waals surface area contributed by atoms with Gasteiger partial charge in [0.1, 0.15) is 28.8 Å². The summed E-state index contributed by atoms with van der Waals surface area (Å²) in [5.41, 5.74) is 1.31. The maximum atomic E-state index is 14.6. The van der Waals surface area contributed by atoms with E-state index in [0.29, 0.717) is 17.7 Å². The Morgan fingerprint density at radius 1 is 1.22 bits per heavy atom. The van der Waals surface area contributed by atoms with Gasteiger partial charge in [-0.1, -0.05) is 27.2 Å². The van der Waals surface area contributed by atoms with Crippen LogP contribution in [-0.4, -0.2) is 18.7 Å². The Bertz CT molecular complexity index is 1150. The maximum absolute atomic E-state index is 14.6. The number of hydrogen-bond donors (Lipinski definition) is 2. The first kappa shape index (κ1) is 19.6. The van der Waals surface area contributed by atoms with Crippen LogP contribution >= 0.6 is 15.9 Å². The molecule has 3 rings (SSSR count). The Labute approximate surface area is 161 Å². The minimum atomic E-state index is -4.44. The van der Waals surface area contributed by atoms with Gasteiger partial charge in [0.25, 0.3) is 0 Å². The number of primary sulfonamides is 1. The molecule has 0 radical (unpaired) electrons. The molecule has 0 aliphatic heterocycles. The maximum Gasteiger partial charge on any atom is 0.241 e. The number of halogens is 3. The number of aliphatic hydroxyl groups excluding tert-OH is 1. The monoisotopic (exact) mass is 458 g/mol. The zero-order valence-corrected chi connectivity index (χ0v) is 16.2. The molecule has 10 heteroatoms. The molecule has 0 unspecified atom stereocenters. The molecule has 1 heterocycles. The summed E-state index contributed by atoms with van der Waals surface area (Å²) >= 11 is 3.37. The summed E-state index contributed by atoms with van der Waals surface area (Å²) in [5, 5.41) is 18.3. The van der Waals surface area contributed by atoms with Crippen molar-refractivity contribution in [3.8, 4) is 22.4 Å². The number of nitrogens with two attached hydrogens (primary N) is 1. The highest BCUT2D eigenvalue weighted by Gasteiger charge is 2.25. The number of benzene rings is 2. The van der Waals surface area contributed by atoms with Crippen molar-refractivity contribution in [2.24, 2.45) is 5.14 Å². The second kappa shape index (κ2) is 7.12. The smallest absolute Gasteiger partial charge is 0.241 e. The first-order valence-corrected chi connectivity index (χ1v) is 9.85. The molecule has 6 nitrogen and oxygen atoms in total. The van der Waals surface area contributed by atoms with Crippen molar-refractivity contribution in [1.29, 1.82) is 0 Å². The second-order valence-electron chi connectivity index (χ2n) is 5.76. The molecule has 0 amide bonds. The third-order valence-corrected chi connectivity index (χ3v) is 5.75. The van der Waals surface area contributed by atoms with Crippen molar-refractivity contribution in [1.82, 2.24) is 5.16 Å². The number of hydrogen-bond acceptors (Lipinski definition) is 5. The molecule has 0 spiro atoms. The van der Waals surface area contributed by atoms with E-state index in [1.54, 1.807) is 18.2 Å². The fraction of sp³-hybridized carbons (Fsp3) is 0.118. The molecule has 0 saturated carbocycles. The van der Waals surface area contributed by atoms with Crippen LogP contribution in [0.15, 0.2) is 44.2 Å². The Balaban J connectivity index is 2.27. The van der Waals surface area contributed by atoms with Crippen LogP contribution in [0.1, 0.15) is 11.3 Å². The number of sulfonamides is 1. The van der Waals surface area contributed by atoms with Gasteiger partial charge in [0, 0.05) is 15.6 Å². The third kappa shape index (κ3) is 3.65. The van der Waals surface area contributed by atoms with Crippen LogP contribution < -0.4 is 5.14 Å². The largest absolute Gasteiger partial charge is 0.388 e. The van der Waals surface area contributed by atoms with Crippen LogP contribution in [0, 0.1) is 18.6 Å². The molecule has 2 aromatic carbocycles. The van der Waals surface area contributed by atoms with Crippen molar-refractivity contribution in [2.75, 3.05) is 0 Å². The second-order valence-corrected chi connectivity index (χ2v) is 8.14. The summed E-state index contributed by atoms with van der Waals surface area (Å²) in [6, 6.07) is 6.37. The highest BCUT2D eigenvalue weighted by molar-refractivity contribution is 9.10. The normalized spacial score (nSPS) is 11.8. The summed E-state index contributed by atoms with van der Waals surface area (Å²) in [4.78, 5) is -0.966. The summed E-state index contributed by atoms with van der Waals surface area (Å²) < 4.78 is 57.6. The van der Waals surface area contributed by atoms with E-state index in [1.807, 2.05) is 6.92 Å². The summed E-state index contributed by atoms with van der Waals surface area (Å²) in [6.07, 6.45) is 0. The molecule has 0 aliphatic rings. The fourth-order valence-corrected chi connectivity index (χ4v) is 3.48. The van der Waals surface area contributed by atoms with Crippen LogP contribution in [0.5, 0.6) is 0 Å². The molecular weight excluding hydrogens is 446 g/mol. The molecule has 1 aromatic heterocycles. The van der Waals surface area contributed by atoms with E-state index >= 15 is 0 Å². The Hall–Kier alpha value is -2.14. The molecule has 3 N–H and O–H groups in total. The predicted molar refractivity (Wildman–Crippen MR) is 97.0 cm³/mol. The minimum absolute atomic E-state index is 0.0246. The van der Waals surface area contributed by atoms with Crippen molar-refractivity contribution >= 4 is 26.0 Å². The van der Waals surface area contributed by atoms with Crippen molar-refractivity contribution in [3.63, 3.8) is 0 Å². The number of aromatic nitrogens is 1. The summed E-state index contributed by atoms with van der Waals surface area (Å²) in [7, 11) is -4.44. The van der Waals surface area contributed by atoms with Crippen LogP contribution in [0.25, 0.3) is 22.4 Å². The molecule has 142 valence electrons. The lowest BCUT2D eigenvalue weighted by molar-refractivity contribution is 0.230. The fourth-order valence-electron chi connectivity index (χ4n) is 2.64. The molecule has 0 bridgehead atoms. The molecule has 0 fully saturated rings. The molecule has 3 aromatic rings. The zero-order chi connectivity index (χ0) is 19.9. The molecule has 0 saturated heterocycles. The van der Waals surface area contributed by atoms with Gasteiger partial charge in [0.05, 0.1) is 5.56 Å². The average Bonchev–Trinajstić information content (AvgIpc) is 3.01. The van der Waals surface area contributed by atoms with E-state index in [2.05, 4.69) is 21.1 Å². The Kier molecular flexibility index (Phi) is 5.17. The lowest BCUT2D eigenvalue weighted by Gasteiger charge is -2.09. The SMILES string of the molecule is Cc1cc(-c2noc(CO)c2-c2cc(F)c(S(N)(=O)=O)cc2F)ccc1Br. The van der Waals surface area contributed by atoms with Crippen LogP contribution in [-0.2, 0) is 16.6 Å². The Morgan fingerprint density at radius 3 is 2.52 bits per heavy atom. The topological polar surface area (TPSA) is 106 Å². The van der Waals surface area contributed by atoms with Crippen molar-refractivity contribution < 1.29 is 26.8 Å². The molecule has 0 aliphatic carbocycles. The first-order valence-electron chi connectivity index (χ1n) is 7.51. The van der Waals surface area contributed by atoms with Gasteiger partial charge in [-0.15, -0.1) is 0 Å². The van der Waals surface area contributed by atoms with E-state index < -0.39 is 33.2 Å². The van der Waals surface area contributed by atoms with Crippen LogP contribution in [0.2, 0.25) is 0 Å². The zero-order valence-electron chi connectivity index (χ0n) is 13.8. The van der Waals surface area contributed by atoms with Gasteiger partial charge >= 0.3 is 0 Å². The van der Waals surface area contributed by atoms with E-state index in [4.69, 9.17) is 9.66 Å². The lowest BCUT2D eigenvalue weighted by Crippen LogP contribution is -2.14. The molecular formula is C17H13BrF2N2O4S. The van der Waals surface area contributed by atoms with Gasteiger partial charge in [0.2, 0.25) is 10.0 Å². The van der Waals surface area contributed by atoms with E-state index in [9.17, 15) is 22.3 Å². The number of aliphatic hydroxyl groups is 1. The number of nitrogens with zero attached hydrogens (tertiary/aromatic N) is 1. The first-order chi connectivity index (χ1) is 12.6. The van der Waals surface area contributed by atoms with Crippen LogP contribution in [0.4, 0.5) is 8.78 Å². The minimum Gasteiger partial charge on any atom is -0.388 e. The highest BCUT2D eigenvalue weighted by atomic mass is 79.9. The predicted octanol–water partition coefficient (Wildman–Crippen LogP) is 3.50. The van der Waals surface area contributed by atoms with Gasteiger partial charge in [-0.25, -0.2) is 22.3 Å². The van der Waals surface area contributed by atoms with Gasteiger partial charge in [-0.3, -0.25) is 0 Å². The lowest BCUT2D eigenvalue weighted by atomic mass is 9.98. The molecule has 0 atom stereocenters. The summed E-state index contributed by atoms with van der Waals surface area (Å²) in [5.74, 6) is -2.36. The van der Waals surface area contributed by atoms with Crippen molar-refractivity contribution in [3.05, 3.63) is 57.8 Å². The van der Waals surface area contributed by atoms with Gasteiger partial charge in [-0.05, 0) is 36.8 Å². The average molecular weight is 459 g/mol. The van der Waals surface area contributed by atoms with Gasteiger partial charge in [-0.2, -0.15) is 0 Å². The number of aryl methyl sites for hydroxylation is 1. The van der Waals surface area contributed by atoms with Crippen molar-refractivity contribution in [2.45, 2.75) is 18.4 Å². The standard InChI is InChI=1S/C17H13BrF2N2O4S/c1-8-4-9(2-3-11(8)18)17-16(14(7-23)26-22-17)10-5-13(20)15(6-12(10)19)27(21,24)25/h2-6,23H,7H2,1H3,(H2,21,24,25). The van der Waals surface area contributed by atoms with Gasteiger partial charge in [0.15, 0.2) is 5.76 Å². The van der Waals surface area contributed by atoms with E-state index in [-0.39, 0.29) is 22.6 Å². The Morgan fingerprint density at radius 2 is 1.93 bits per heavy atom. The van der Waals surface area contributed by atoms with E-state index in [1.165, 1.54) is 0 Å². The quantitative estimate of drug-likeness (QED) is 0.622. The number of rotatable bonds is 4. The highest BCUT2D eigenvalue weighted by Crippen LogP contribution is 2.38. The van der Waals surface area contributed by atoms with Crippen LogP contribution in [0.3, 0.4) is 0 Å². The summed E-state index contributed by atoms with van der Waals surface area (Å²) in [6.45, 7) is 1.22. The molecule has 27 heavy (non-hydrogen) atoms. The van der Waals surface area contributed by atoms with E-state index in [0.717, 1.165) is 10.0 Å². The third-order valence-electron chi connectivity index (χ3n) is 3.94.